The predicted octanol–water partition coefficient (Wildman–Crippen LogP) is 0.516. The fourth-order valence-corrected chi connectivity index (χ4v) is 2.29. The number of aliphatic hydroxyl groups is 1. The van der Waals surface area contributed by atoms with Gasteiger partial charge in [-0.1, -0.05) is 31.2 Å². The molecule has 1 heterocycles. The van der Waals surface area contributed by atoms with Crippen LogP contribution in [0, 0.1) is 0 Å². The SMILES string of the molecule is CCN1CCOC(C(=O)NCc2cccc(CO)c2)C1. The van der Waals surface area contributed by atoms with Crippen molar-refractivity contribution in [1.82, 2.24) is 10.2 Å². The minimum Gasteiger partial charge on any atom is -0.392 e. The van der Waals surface area contributed by atoms with Crippen LogP contribution in [0.15, 0.2) is 24.3 Å². The van der Waals surface area contributed by atoms with Crippen molar-refractivity contribution in [2.45, 2.75) is 26.2 Å². The Morgan fingerprint density at radius 3 is 3.05 bits per heavy atom. The van der Waals surface area contributed by atoms with Gasteiger partial charge >= 0.3 is 0 Å². The van der Waals surface area contributed by atoms with Gasteiger partial charge in [-0.2, -0.15) is 0 Å². The summed E-state index contributed by atoms with van der Waals surface area (Å²) >= 11 is 0. The fraction of sp³-hybridized carbons (Fsp3) is 0.533. The maximum atomic E-state index is 12.1. The van der Waals surface area contributed by atoms with Gasteiger partial charge in [0.1, 0.15) is 6.10 Å². The van der Waals surface area contributed by atoms with Crippen molar-refractivity contribution in [3.63, 3.8) is 0 Å². The molecule has 1 aromatic rings. The van der Waals surface area contributed by atoms with E-state index in [0.29, 0.717) is 19.7 Å². The van der Waals surface area contributed by atoms with Crippen molar-refractivity contribution in [2.75, 3.05) is 26.2 Å². The number of rotatable bonds is 5. The first-order valence-electron chi connectivity index (χ1n) is 7.03. The first kappa shape index (κ1) is 15.0. The third-order valence-electron chi connectivity index (χ3n) is 3.53. The van der Waals surface area contributed by atoms with Gasteiger partial charge in [-0.15, -0.1) is 0 Å². The van der Waals surface area contributed by atoms with Gasteiger partial charge in [0, 0.05) is 19.6 Å². The van der Waals surface area contributed by atoms with Crippen LogP contribution in [0.1, 0.15) is 18.1 Å². The summed E-state index contributed by atoms with van der Waals surface area (Å²) in [7, 11) is 0. The summed E-state index contributed by atoms with van der Waals surface area (Å²) in [4.78, 5) is 14.3. The summed E-state index contributed by atoms with van der Waals surface area (Å²) in [5.41, 5.74) is 1.83. The second-order valence-electron chi connectivity index (χ2n) is 4.95. The second-order valence-corrected chi connectivity index (χ2v) is 4.95. The molecule has 0 aliphatic carbocycles. The first-order chi connectivity index (χ1) is 9.72. The van der Waals surface area contributed by atoms with Gasteiger partial charge < -0.3 is 15.2 Å². The van der Waals surface area contributed by atoms with Crippen LogP contribution in [0.3, 0.4) is 0 Å². The molecular weight excluding hydrogens is 256 g/mol. The average molecular weight is 278 g/mol. The van der Waals surface area contributed by atoms with Crippen LogP contribution in [-0.4, -0.2) is 48.3 Å². The van der Waals surface area contributed by atoms with E-state index in [4.69, 9.17) is 9.84 Å². The Hall–Kier alpha value is -1.43. The highest BCUT2D eigenvalue weighted by Gasteiger charge is 2.25. The molecule has 0 bridgehead atoms. The van der Waals surface area contributed by atoms with Crippen molar-refractivity contribution in [2.24, 2.45) is 0 Å². The number of carbonyl (C=O) groups excluding carboxylic acids is 1. The summed E-state index contributed by atoms with van der Waals surface area (Å²) in [6, 6.07) is 7.55. The minimum atomic E-state index is -0.385. The second kappa shape index (κ2) is 7.38. The van der Waals surface area contributed by atoms with Gasteiger partial charge in [0.05, 0.1) is 13.2 Å². The van der Waals surface area contributed by atoms with Crippen LogP contribution in [0.25, 0.3) is 0 Å². The van der Waals surface area contributed by atoms with Gasteiger partial charge in [-0.3, -0.25) is 9.69 Å². The van der Waals surface area contributed by atoms with Crippen LogP contribution < -0.4 is 5.32 Å². The molecule has 1 aliphatic rings. The van der Waals surface area contributed by atoms with E-state index >= 15 is 0 Å². The molecular formula is C15H22N2O3. The minimum absolute atomic E-state index is 0.0129. The van der Waals surface area contributed by atoms with Crippen LogP contribution >= 0.6 is 0 Å². The molecule has 0 aromatic heterocycles. The molecule has 0 radical (unpaired) electrons. The molecule has 2 rings (SSSR count). The number of aliphatic hydroxyl groups excluding tert-OH is 1. The van der Waals surface area contributed by atoms with E-state index in [1.165, 1.54) is 0 Å². The molecule has 1 aliphatic heterocycles. The van der Waals surface area contributed by atoms with E-state index in [1.54, 1.807) is 0 Å². The molecule has 2 N–H and O–H groups in total. The van der Waals surface area contributed by atoms with Crippen molar-refractivity contribution in [1.29, 1.82) is 0 Å². The number of morpholine rings is 1. The smallest absolute Gasteiger partial charge is 0.250 e. The third-order valence-corrected chi connectivity index (χ3v) is 3.53. The number of carbonyl (C=O) groups is 1. The molecule has 1 amide bonds. The highest BCUT2D eigenvalue weighted by Crippen LogP contribution is 2.07. The lowest BCUT2D eigenvalue weighted by Gasteiger charge is -2.31. The van der Waals surface area contributed by atoms with Crippen molar-refractivity contribution in [3.8, 4) is 0 Å². The summed E-state index contributed by atoms with van der Waals surface area (Å²) in [5, 5.41) is 12.0. The zero-order chi connectivity index (χ0) is 14.4. The van der Waals surface area contributed by atoms with Crippen molar-refractivity contribution < 1.29 is 14.6 Å². The Kier molecular flexibility index (Phi) is 5.52. The summed E-state index contributed by atoms with van der Waals surface area (Å²) in [6.07, 6.45) is -0.385. The van der Waals surface area contributed by atoms with E-state index in [0.717, 1.165) is 24.2 Å². The Labute approximate surface area is 119 Å². The molecule has 1 unspecified atom stereocenters. The van der Waals surface area contributed by atoms with Gasteiger partial charge in [0.25, 0.3) is 5.91 Å². The number of nitrogens with one attached hydrogen (secondary N) is 1. The number of amides is 1. The number of hydrogen-bond donors (Lipinski definition) is 2. The predicted molar refractivity (Wildman–Crippen MR) is 76.1 cm³/mol. The van der Waals surface area contributed by atoms with Crippen molar-refractivity contribution in [3.05, 3.63) is 35.4 Å². The van der Waals surface area contributed by atoms with Crippen LogP contribution in [0.2, 0.25) is 0 Å². The topological polar surface area (TPSA) is 61.8 Å². The quantitative estimate of drug-likeness (QED) is 0.824. The van der Waals surface area contributed by atoms with E-state index in [-0.39, 0.29) is 18.6 Å². The molecule has 20 heavy (non-hydrogen) atoms. The van der Waals surface area contributed by atoms with E-state index in [2.05, 4.69) is 17.1 Å². The maximum absolute atomic E-state index is 12.1. The Morgan fingerprint density at radius 1 is 1.50 bits per heavy atom. The largest absolute Gasteiger partial charge is 0.392 e. The molecule has 110 valence electrons. The van der Waals surface area contributed by atoms with Gasteiger partial charge in [-0.25, -0.2) is 0 Å². The molecule has 1 fully saturated rings. The third kappa shape index (κ3) is 4.03. The number of ether oxygens (including phenoxy) is 1. The molecule has 0 spiro atoms. The van der Waals surface area contributed by atoms with Gasteiger partial charge in [0.15, 0.2) is 0 Å². The molecule has 1 saturated heterocycles. The van der Waals surface area contributed by atoms with E-state index in [9.17, 15) is 4.79 Å². The van der Waals surface area contributed by atoms with E-state index in [1.807, 2.05) is 24.3 Å². The van der Waals surface area contributed by atoms with Crippen LogP contribution in [0.4, 0.5) is 0 Å². The van der Waals surface area contributed by atoms with Crippen LogP contribution in [-0.2, 0) is 22.7 Å². The number of hydrogen-bond acceptors (Lipinski definition) is 4. The van der Waals surface area contributed by atoms with Crippen LogP contribution in [0.5, 0.6) is 0 Å². The van der Waals surface area contributed by atoms with Gasteiger partial charge in [0.2, 0.25) is 0 Å². The molecule has 0 saturated carbocycles. The fourth-order valence-electron chi connectivity index (χ4n) is 2.29. The zero-order valence-corrected chi connectivity index (χ0v) is 11.8. The summed E-state index contributed by atoms with van der Waals surface area (Å²) in [5.74, 6) is -0.0717. The lowest BCUT2D eigenvalue weighted by molar-refractivity contribution is -0.138. The highest BCUT2D eigenvalue weighted by molar-refractivity contribution is 5.81. The van der Waals surface area contributed by atoms with Gasteiger partial charge in [-0.05, 0) is 17.7 Å². The zero-order valence-electron chi connectivity index (χ0n) is 11.8. The first-order valence-corrected chi connectivity index (χ1v) is 7.03. The van der Waals surface area contributed by atoms with E-state index < -0.39 is 0 Å². The number of likely N-dealkylation sites (N-methyl/N-ethyl adjacent to an activating group) is 1. The average Bonchev–Trinajstić information content (AvgIpc) is 2.52. The number of benzene rings is 1. The highest BCUT2D eigenvalue weighted by atomic mass is 16.5. The Morgan fingerprint density at radius 2 is 2.30 bits per heavy atom. The normalized spacial score (nSPS) is 19.8. The monoisotopic (exact) mass is 278 g/mol. The Bertz CT molecular complexity index is 450. The lowest BCUT2D eigenvalue weighted by Crippen LogP contribution is -2.49. The molecule has 5 heteroatoms. The maximum Gasteiger partial charge on any atom is 0.250 e. The summed E-state index contributed by atoms with van der Waals surface area (Å²) < 4.78 is 5.51. The standard InChI is InChI=1S/C15H22N2O3/c1-2-17-6-7-20-14(10-17)15(19)16-9-12-4-3-5-13(8-12)11-18/h3-5,8,14,18H,2,6-7,9-11H2,1H3,(H,16,19). The molecule has 5 nitrogen and oxygen atoms in total. The van der Waals surface area contributed by atoms with Crippen molar-refractivity contribution >= 4 is 5.91 Å². The lowest BCUT2D eigenvalue weighted by atomic mass is 10.1. The molecule has 1 atom stereocenters. The summed E-state index contributed by atoms with van der Waals surface area (Å²) in [6.45, 7) is 5.63. The molecule has 1 aromatic carbocycles. The Balaban J connectivity index is 1.85. The number of nitrogens with zero attached hydrogens (tertiary/aromatic N) is 1.